The predicted octanol–water partition coefficient (Wildman–Crippen LogP) is 1.68. The minimum Gasteiger partial charge on any atom is -0.396 e. The SMILES string of the molecule is O=C(CSCCO)NCc1ccc(Cl)cc1. The number of thioether (sulfide) groups is 1. The Bertz CT molecular complexity index is 329. The molecule has 16 heavy (non-hydrogen) atoms. The van der Waals surface area contributed by atoms with Crippen molar-refractivity contribution in [2.45, 2.75) is 6.54 Å². The third-order valence-corrected chi connectivity index (χ3v) is 3.06. The summed E-state index contributed by atoms with van der Waals surface area (Å²) in [5, 5.41) is 12.0. The molecule has 0 bridgehead atoms. The first kappa shape index (κ1) is 13.4. The van der Waals surface area contributed by atoms with Crippen LogP contribution < -0.4 is 5.32 Å². The number of carbonyl (C=O) groups excluding carboxylic acids is 1. The largest absolute Gasteiger partial charge is 0.396 e. The highest BCUT2D eigenvalue weighted by Crippen LogP contribution is 2.09. The molecule has 1 aromatic carbocycles. The minimum absolute atomic E-state index is 0.0200. The Morgan fingerprint density at radius 2 is 2.06 bits per heavy atom. The number of halogens is 1. The molecule has 3 nitrogen and oxygen atoms in total. The Kier molecular flexibility index (Phi) is 6.30. The van der Waals surface area contributed by atoms with E-state index in [0.717, 1.165) is 5.56 Å². The minimum atomic E-state index is -0.0200. The van der Waals surface area contributed by atoms with Crippen molar-refractivity contribution >= 4 is 29.3 Å². The molecule has 0 aliphatic rings. The van der Waals surface area contributed by atoms with E-state index in [1.165, 1.54) is 11.8 Å². The van der Waals surface area contributed by atoms with Crippen LogP contribution in [-0.2, 0) is 11.3 Å². The van der Waals surface area contributed by atoms with E-state index in [4.69, 9.17) is 16.7 Å². The van der Waals surface area contributed by atoms with Gasteiger partial charge in [-0.25, -0.2) is 0 Å². The van der Waals surface area contributed by atoms with Crippen LogP contribution in [0.15, 0.2) is 24.3 Å². The molecule has 0 atom stereocenters. The van der Waals surface area contributed by atoms with Gasteiger partial charge in [-0.15, -0.1) is 11.8 Å². The quantitative estimate of drug-likeness (QED) is 0.765. The number of aliphatic hydroxyl groups excluding tert-OH is 1. The molecule has 0 aromatic heterocycles. The highest BCUT2D eigenvalue weighted by Gasteiger charge is 2.00. The van der Waals surface area contributed by atoms with Crippen LogP contribution in [0.2, 0.25) is 5.02 Å². The van der Waals surface area contributed by atoms with Crippen molar-refractivity contribution in [2.24, 2.45) is 0 Å². The number of aliphatic hydroxyl groups is 1. The van der Waals surface area contributed by atoms with E-state index in [1.807, 2.05) is 12.1 Å². The smallest absolute Gasteiger partial charge is 0.230 e. The van der Waals surface area contributed by atoms with Crippen LogP contribution >= 0.6 is 23.4 Å². The maximum atomic E-state index is 11.3. The summed E-state index contributed by atoms with van der Waals surface area (Å²) in [7, 11) is 0. The second-order valence-electron chi connectivity index (χ2n) is 3.18. The molecule has 0 spiro atoms. The molecular weight excluding hydrogens is 246 g/mol. The highest BCUT2D eigenvalue weighted by atomic mass is 35.5. The van der Waals surface area contributed by atoms with E-state index in [9.17, 15) is 4.79 Å². The summed E-state index contributed by atoms with van der Waals surface area (Å²) in [5.74, 6) is 0.955. The van der Waals surface area contributed by atoms with Crippen LogP contribution in [0.1, 0.15) is 5.56 Å². The molecule has 1 rings (SSSR count). The Labute approximate surface area is 104 Å². The number of hydrogen-bond acceptors (Lipinski definition) is 3. The summed E-state index contributed by atoms with van der Waals surface area (Å²) in [6.45, 7) is 0.616. The molecule has 0 saturated carbocycles. The van der Waals surface area contributed by atoms with Crippen molar-refractivity contribution in [1.29, 1.82) is 0 Å². The summed E-state index contributed by atoms with van der Waals surface area (Å²) in [6, 6.07) is 7.35. The summed E-state index contributed by atoms with van der Waals surface area (Å²) >= 11 is 7.16. The zero-order valence-corrected chi connectivity index (χ0v) is 10.4. The molecule has 0 heterocycles. The van der Waals surface area contributed by atoms with Gasteiger partial charge in [0.25, 0.3) is 0 Å². The third-order valence-electron chi connectivity index (χ3n) is 1.87. The number of amides is 1. The van der Waals surface area contributed by atoms with E-state index >= 15 is 0 Å². The molecule has 0 unspecified atom stereocenters. The van der Waals surface area contributed by atoms with Crippen molar-refractivity contribution < 1.29 is 9.90 Å². The van der Waals surface area contributed by atoms with Gasteiger partial charge in [0.2, 0.25) is 5.91 Å². The van der Waals surface area contributed by atoms with Gasteiger partial charge in [0.05, 0.1) is 12.4 Å². The molecule has 1 aromatic rings. The van der Waals surface area contributed by atoms with E-state index in [-0.39, 0.29) is 12.5 Å². The predicted molar refractivity (Wildman–Crippen MR) is 67.7 cm³/mol. The van der Waals surface area contributed by atoms with Crippen molar-refractivity contribution in [3.8, 4) is 0 Å². The van der Waals surface area contributed by atoms with Gasteiger partial charge in [-0.05, 0) is 17.7 Å². The fourth-order valence-electron chi connectivity index (χ4n) is 1.08. The average molecular weight is 260 g/mol. The van der Waals surface area contributed by atoms with Crippen LogP contribution in [0.5, 0.6) is 0 Å². The number of benzene rings is 1. The number of carbonyl (C=O) groups is 1. The Balaban J connectivity index is 2.23. The zero-order chi connectivity index (χ0) is 11.8. The molecule has 5 heteroatoms. The van der Waals surface area contributed by atoms with Crippen LogP contribution in [0.25, 0.3) is 0 Å². The normalized spacial score (nSPS) is 10.1. The lowest BCUT2D eigenvalue weighted by Crippen LogP contribution is -2.24. The summed E-state index contributed by atoms with van der Waals surface area (Å²) in [5.41, 5.74) is 1.02. The van der Waals surface area contributed by atoms with Crippen LogP contribution in [0, 0.1) is 0 Å². The van der Waals surface area contributed by atoms with Crippen molar-refractivity contribution in [3.63, 3.8) is 0 Å². The maximum Gasteiger partial charge on any atom is 0.230 e. The van der Waals surface area contributed by atoms with Gasteiger partial charge < -0.3 is 10.4 Å². The standard InChI is InChI=1S/C11H14ClNO2S/c12-10-3-1-9(2-4-10)7-13-11(15)8-16-6-5-14/h1-4,14H,5-8H2,(H,13,15). The Hall–Kier alpha value is -0.710. The molecule has 2 N–H and O–H groups in total. The molecular formula is C11H14ClNO2S. The van der Waals surface area contributed by atoms with Crippen LogP contribution in [0.3, 0.4) is 0 Å². The molecule has 0 saturated heterocycles. The molecule has 0 aliphatic heterocycles. The highest BCUT2D eigenvalue weighted by molar-refractivity contribution is 7.99. The Morgan fingerprint density at radius 3 is 2.69 bits per heavy atom. The van der Waals surface area contributed by atoms with Crippen molar-refractivity contribution in [2.75, 3.05) is 18.1 Å². The molecule has 0 fully saturated rings. The van der Waals surface area contributed by atoms with Gasteiger partial charge in [0.1, 0.15) is 0 Å². The molecule has 88 valence electrons. The van der Waals surface area contributed by atoms with Gasteiger partial charge in [-0.2, -0.15) is 0 Å². The topological polar surface area (TPSA) is 49.3 Å². The monoisotopic (exact) mass is 259 g/mol. The number of nitrogens with one attached hydrogen (secondary N) is 1. The Morgan fingerprint density at radius 1 is 1.38 bits per heavy atom. The van der Waals surface area contributed by atoms with Gasteiger partial charge in [-0.3, -0.25) is 4.79 Å². The van der Waals surface area contributed by atoms with E-state index in [2.05, 4.69) is 5.32 Å². The molecule has 0 aliphatic carbocycles. The van der Waals surface area contributed by atoms with Crippen LogP contribution in [0.4, 0.5) is 0 Å². The van der Waals surface area contributed by atoms with Gasteiger partial charge in [0.15, 0.2) is 0 Å². The van der Waals surface area contributed by atoms with Gasteiger partial charge in [0, 0.05) is 17.3 Å². The van der Waals surface area contributed by atoms with E-state index in [0.29, 0.717) is 23.1 Å². The van der Waals surface area contributed by atoms with E-state index < -0.39 is 0 Å². The number of rotatable bonds is 6. The second-order valence-corrected chi connectivity index (χ2v) is 4.72. The van der Waals surface area contributed by atoms with Gasteiger partial charge >= 0.3 is 0 Å². The fourth-order valence-corrected chi connectivity index (χ4v) is 1.77. The third kappa shape index (κ3) is 5.39. The molecule has 0 radical (unpaired) electrons. The van der Waals surface area contributed by atoms with Crippen LogP contribution in [-0.4, -0.2) is 29.1 Å². The fraction of sp³-hybridized carbons (Fsp3) is 0.364. The molecule has 1 amide bonds. The second kappa shape index (κ2) is 7.54. The summed E-state index contributed by atoms with van der Waals surface area (Å²) < 4.78 is 0. The first-order valence-electron chi connectivity index (χ1n) is 4.92. The van der Waals surface area contributed by atoms with Crippen molar-refractivity contribution in [3.05, 3.63) is 34.9 Å². The first-order valence-corrected chi connectivity index (χ1v) is 6.45. The zero-order valence-electron chi connectivity index (χ0n) is 8.78. The average Bonchev–Trinajstić information content (AvgIpc) is 2.29. The van der Waals surface area contributed by atoms with Crippen molar-refractivity contribution in [1.82, 2.24) is 5.32 Å². The maximum absolute atomic E-state index is 11.3. The first-order chi connectivity index (χ1) is 7.72. The lowest BCUT2D eigenvalue weighted by atomic mass is 10.2. The number of hydrogen-bond donors (Lipinski definition) is 2. The van der Waals surface area contributed by atoms with E-state index in [1.54, 1.807) is 12.1 Å². The summed E-state index contributed by atoms with van der Waals surface area (Å²) in [4.78, 5) is 11.3. The summed E-state index contributed by atoms with van der Waals surface area (Å²) in [6.07, 6.45) is 0. The lowest BCUT2D eigenvalue weighted by Gasteiger charge is -2.04. The van der Waals surface area contributed by atoms with Gasteiger partial charge in [-0.1, -0.05) is 23.7 Å². The lowest BCUT2D eigenvalue weighted by molar-refractivity contribution is -0.118.